The van der Waals surface area contributed by atoms with Gasteiger partial charge < -0.3 is 9.84 Å². The first-order valence-electron chi connectivity index (χ1n) is 11.1. The molecule has 1 N–H and O–H groups in total. The molecule has 0 spiro atoms. The third-order valence-electron chi connectivity index (χ3n) is 7.30. The van der Waals surface area contributed by atoms with E-state index in [4.69, 9.17) is 4.74 Å². The number of allylic oxidation sites excluding steroid dienone is 1. The van der Waals surface area contributed by atoms with E-state index in [9.17, 15) is 18.7 Å². The van der Waals surface area contributed by atoms with Crippen LogP contribution in [0.15, 0.2) is 36.1 Å². The van der Waals surface area contributed by atoms with Gasteiger partial charge in [0.1, 0.15) is 17.4 Å². The molecular weight excluding hydrogens is 398 g/mol. The van der Waals surface area contributed by atoms with Crippen LogP contribution in [0.2, 0.25) is 0 Å². The average molecular weight is 424 g/mol. The Bertz CT molecular complexity index is 1090. The number of aliphatic hydroxyl groups excluding tert-OH is 1. The second-order valence-corrected chi connectivity index (χ2v) is 8.99. The molecule has 31 heavy (non-hydrogen) atoms. The number of carbonyl (C=O) groups is 1. The Hall–Kier alpha value is -2.53. The van der Waals surface area contributed by atoms with Crippen LogP contribution in [0, 0.1) is 30.4 Å². The fourth-order valence-corrected chi connectivity index (χ4v) is 6.03. The van der Waals surface area contributed by atoms with Gasteiger partial charge in [-0.15, -0.1) is 0 Å². The van der Waals surface area contributed by atoms with E-state index in [0.29, 0.717) is 17.6 Å². The van der Waals surface area contributed by atoms with Crippen LogP contribution in [0.25, 0.3) is 5.57 Å². The molecule has 0 radical (unpaired) electrons. The van der Waals surface area contributed by atoms with E-state index >= 15 is 0 Å². The van der Waals surface area contributed by atoms with Crippen LogP contribution in [0.5, 0.6) is 0 Å². The van der Waals surface area contributed by atoms with Crippen molar-refractivity contribution in [1.29, 1.82) is 0 Å². The minimum absolute atomic E-state index is 0.0683. The SMILES string of the molecule is CCc1cc(C)cc(CC)c1C1=C(O)[C@@H]2[C@@H]3OC(C[C@H]3c3ccc(F)cc3F)[C@@H]2C1=O. The van der Waals surface area contributed by atoms with Crippen LogP contribution >= 0.6 is 0 Å². The minimum atomic E-state index is -0.622. The number of carbonyl (C=O) groups excluding carboxylic acids is 1. The minimum Gasteiger partial charge on any atom is -0.511 e. The summed E-state index contributed by atoms with van der Waals surface area (Å²) in [5, 5.41) is 11.3. The zero-order valence-electron chi connectivity index (χ0n) is 17.9. The summed E-state index contributed by atoms with van der Waals surface area (Å²) in [6, 6.07) is 7.75. The summed E-state index contributed by atoms with van der Waals surface area (Å²) < 4.78 is 34.0. The van der Waals surface area contributed by atoms with Crippen molar-refractivity contribution in [3.05, 3.63) is 75.5 Å². The number of ether oxygens (including phenoxy) is 1. The molecular formula is C26H26F2O3. The van der Waals surface area contributed by atoms with Gasteiger partial charge in [0.15, 0.2) is 5.78 Å². The summed E-state index contributed by atoms with van der Waals surface area (Å²) in [6.45, 7) is 6.14. The van der Waals surface area contributed by atoms with Gasteiger partial charge in [-0.1, -0.05) is 37.6 Å². The molecule has 1 aliphatic carbocycles. The average Bonchev–Trinajstić information content (AvgIpc) is 3.39. The summed E-state index contributed by atoms with van der Waals surface area (Å²) in [4.78, 5) is 13.5. The van der Waals surface area contributed by atoms with Crippen LogP contribution < -0.4 is 0 Å². The Balaban J connectivity index is 1.60. The molecule has 5 rings (SSSR count). The third kappa shape index (κ3) is 2.89. The zero-order chi connectivity index (χ0) is 22.0. The third-order valence-corrected chi connectivity index (χ3v) is 7.30. The summed E-state index contributed by atoms with van der Waals surface area (Å²) in [6.07, 6.45) is 1.16. The van der Waals surface area contributed by atoms with Crippen LogP contribution in [0.4, 0.5) is 8.78 Å². The predicted octanol–water partition coefficient (Wildman–Crippen LogP) is 5.44. The zero-order valence-corrected chi connectivity index (χ0v) is 17.9. The lowest BCUT2D eigenvalue weighted by atomic mass is 9.72. The summed E-state index contributed by atoms with van der Waals surface area (Å²) in [5.41, 5.74) is 4.92. The first-order valence-corrected chi connectivity index (χ1v) is 11.1. The lowest BCUT2D eigenvalue weighted by Crippen LogP contribution is -2.33. The Morgan fingerprint density at radius 1 is 1.06 bits per heavy atom. The molecule has 0 amide bonds. The second-order valence-electron chi connectivity index (χ2n) is 8.99. The number of aliphatic hydroxyl groups is 1. The largest absolute Gasteiger partial charge is 0.511 e. The first kappa shape index (κ1) is 20.4. The predicted molar refractivity (Wildman–Crippen MR) is 114 cm³/mol. The molecule has 0 saturated carbocycles. The van der Waals surface area contributed by atoms with Crippen LogP contribution in [-0.2, 0) is 22.4 Å². The molecule has 2 fully saturated rings. The van der Waals surface area contributed by atoms with Crippen molar-refractivity contribution in [2.45, 2.75) is 58.2 Å². The van der Waals surface area contributed by atoms with Crippen molar-refractivity contribution in [2.24, 2.45) is 11.8 Å². The Morgan fingerprint density at radius 2 is 1.74 bits per heavy atom. The molecule has 3 nitrogen and oxygen atoms in total. The smallest absolute Gasteiger partial charge is 0.173 e. The standard InChI is InChI=1S/C26H26F2O3/c1-4-13-8-12(3)9-14(5-2)20(13)22-24(29)21-19-11-17(26(31-19)23(21)25(22)30)16-7-6-15(27)10-18(16)28/h6-10,17,19,21,23,26,30H,4-5,11H2,1-3H3/t17-,19?,21-,23+,26+/m0/s1. The number of halogens is 2. The highest BCUT2D eigenvalue weighted by atomic mass is 19.1. The quantitative estimate of drug-likeness (QED) is 0.711. The molecule has 2 aliphatic heterocycles. The van der Waals surface area contributed by atoms with Gasteiger partial charge in [-0.25, -0.2) is 8.78 Å². The highest BCUT2D eigenvalue weighted by Gasteiger charge is 2.63. The molecule has 2 saturated heterocycles. The topological polar surface area (TPSA) is 46.5 Å². The Kier molecular flexibility index (Phi) is 4.78. The van der Waals surface area contributed by atoms with Gasteiger partial charge in [0.25, 0.3) is 0 Å². The summed E-state index contributed by atoms with van der Waals surface area (Å²) >= 11 is 0. The summed E-state index contributed by atoms with van der Waals surface area (Å²) in [7, 11) is 0. The van der Waals surface area contributed by atoms with Gasteiger partial charge in [0.2, 0.25) is 0 Å². The van der Waals surface area contributed by atoms with Crippen molar-refractivity contribution in [1.82, 2.24) is 0 Å². The number of rotatable bonds is 4. The molecule has 2 bridgehead atoms. The lowest BCUT2D eigenvalue weighted by Gasteiger charge is -2.28. The van der Waals surface area contributed by atoms with E-state index in [1.165, 1.54) is 12.1 Å². The van der Waals surface area contributed by atoms with Crippen LogP contribution in [0.3, 0.4) is 0 Å². The maximum absolute atomic E-state index is 14.5. The highest BCUT2D eigenvalue weighted by molar-refractivity contribution is 6.26. The normalized spacial score (nSPS) is 29.2. The van der Waals surface area contributed by atoms with E-state index < -0.39 is 29.6 Å². The second kappa shape index (κ2) is 7.27. The van der Waals surface area contributed by atoms with Gasteiger partial charge in [0, 0.05) is 12.0 Å². The molecule has 2 heterocycles. The molecule has 5 atom stereocenters. The van der Waals surface area contributed by atoms with Gasteiger partial charge >= 0.3 is 0 Å². The summed E-state index contributed by atoms with van der Waals surface area (Å²) in [5.74, 6) is -2.45. The maximum atomic E-state index is 14.5. The van der Waals surface area contributed by atoms with Crippen molar-refractivity contribution in [2.75, 3.05) is 0 Å². The molecule has 1 unspecified atom stereocenters. The van der Waals surface area contributed by atoms with E-state index in [1.54, 1.807) is 0 Å². The number of benzene rings is 2. The Morgan fingerprint density at radius 3 is 2.35 bits per heavy atom. The number of hydrogen-bond acceptors (Lipinski definition) is 3. The van der Waals surface area contributed by atoms with Crippen molar-refractivity contribution in [3.8, 4) is 0 Å². The fourth-order valence-electron chi connectivity index (χ4n) is 6.03. The highest BCUT2D eigenvalue weighted by Crippen LogP contribution is 2.58. The van der Waals surface area contributed by atoms with Crippen LogP contribution in [-0.4, -0.2) is 23.1 Å². The van der Waals surface area contributed by atoms with Gasteiger partial charge in [-0.05, 0) is 54.5 Å². The van der Waals surface area contributed by atoms with Crippen LogP contribution in [0.1, 0.15) is 54.0 Å². The maximum Gasteiger partial charge on any atom is 0.173 e. The van der Waals surface area contributed by atoms with E-state index in [-0.39, 0.29) is 23.6 Å². The fraction of sp³-hybridized carbons (Fsp3) is 0.423. The van der Waals surface area contributed by atoms with Crippen molar-refractivity contribution in [3.63, 3.8) is 0 Å². The van der Waals surface area contributed by atoms with E-state index in [2.05, 4.69) is 26.0 Å². The molecule has 2 aromatic rings. The van der Waals surface area contributed by atoms with E-state index in [0.717, 1.165) is 41.2 Å². The number of aryl methyl sites for hydroxylation is 3. The van der Waals surface area contributed by atoms with Gasteiger partial charge in [-0.2, -0.15) is 0 Å². The molecule has 0 aromatic heterocycles. The molecule has 162 valence electrons. The Labute approximate surface area is 180 Å². The van der Waals surface area contributed by atoms with Gasteiger partial charge in [0.05, 0.1) is 29.6 Å². The van der Waals surface area contributed by atoms with E-state index in [1.807, 2.05) is 6.92 Å². The number of fused-ring (bicyclic) bond motifs is 5. The number of Topliss-reactive ketones (excluding diaryl/α,β-unsaturated/α-hetero) is 1. The molecule has 3 aliphatic rings. The monoisotopic (exact) mass is 424 g/mol. The van der Waals surface area contributed by atoms with Crippen molar-refractivity contribution >= 4 is 11.4 Å². The number of hydrogen-bond donors (Lipinski definition) is 1. The lowest BCUT2D eigenvalue weighted by molar-refractivity contribution is -0.118. The van der Waals surface area contributed by atoms with Gasteiger partial charge in [-0.3, -0.25) is 4.79 Å². The molecule has 2 aromatic carbocycles. The first-order chi connectivity index (χ1) is 14.8. The van der Waals surface area contributed by atoms with Crippen molar-refractivity contribution < 1.29 is 23.4 Å². The molecule has 5 heteroatoms. The number of ketones is 1.